The molecule has 0 N–H and O–H groups in total. The summed E-state index contributed by atoms with van der Waals surface area (Å²) in [7, 11) is -5.75. The molecule has 5 aromatic rings. The Balaban J connectivity index is 1.63. The zero-order valence-corrected chi connectivity index (χ0v) is 35.9. The van der Waals surface area contributed by atoms with E-state index in [-0.39, 0.29) is 0 Å². The van der Waals surface area contributed by atoms with E-state index in [0.29, 0.717) is 12.6 Å². The lowest BCUT2D eigenvalue weighted by atomic mass is 9.65. The Morgan fingerprint density at radius 1 is 0.714 bits per heavy atom. The van der Waals surface area contributed by atoms with Crippen molar-refractivity contribution in [3.8, 4) is 0 Å². The summed E-state index contributed by atoms with van der Waals surface area (Å²) in [5.74, 6) is 0. The molecule has 286 valence electrons. The molecule has 0 spiro atoms. The second-order valence-corrected chi connectivity index (χ2v) is 20.9. The van der Waals surface area contributed by atoms with Gasteiger partial charge in [0.25, 0.3) is 0 Å². The van der Waals surface area contributed by atoms with Crippen molar-refractivity contribution in [1.82, 2.24) is 4.57 Å². The predicted molar refractivity (Wildman–Crippen MR) is 245 cm³/mol. The van der Waals surface area contributed by atoms with Crippen LogP contribution in [-0.4, -0.2) is 11.2 Å². The molecule has 3 atom stereocenters. The number of rotatable bonds is 11. The Morgan fingerprint density at radius 3 is 1.82 bits per heavy atom. The van der Waals surface area contributed by atoms with Crippen LogP contribution < -0.4 is 26.5 Å². The molecule has 0 aliphatic carbocycles. The van der Waals surface area contributed by atoms with Crippen molar-refractivity contribution < 1.29 is 9.13 Å². The van der Waals surface area contributed by atoms with Crippen LogP contribution in [-0.2, 0) is 20.7 Å². The molecule has 3 unspecified atom stereocenters. The van der Waals surface area contributed by atoms with E-state index in [4.69, 9.17) is 0 Å². The average molecular weight is 776 g/mol. The summed E-state index contributed by atoms with van der Waals surface area (Å²) in [5.41, 5.74) is 7.69. The lowest BCUT2D eigenvalue weighted by molar-refractivity contribution is 0.584. The van der Waals surface area contributed by atoms with Crippen LogP contribution in [0.15, 0.2) is 157 Å². The Bertz CT molecular complexity index is 2580. The van der Waals surface area contributed by atoms with Gasteiger partial charge in [-0.3, -0.25) is 0 Å². The van der Waals surface area contributed by atoms with Gasteiger partial charge in [-0.2, -0.15) is 0 Å². The molecule has 2 heterocycles. The first-order chi connectivity index (χ1) is 27.0. The van der Waals surface area contributed by atoms with E-state index in [9.17, 15) is 4.57 Å². The molecule has 1 aromatic heterocycles. The quantitative estimate of drug-likeness (QED) is 0.0990. The lowest BCUT2D eigenvalue weighted by Gasteiger charge is -2.41. The fourth-order valence-electron chi connectivity index (χ4n) is 8.50. The van der Waals surface area contributed by atoms with Crippen LogP contribution in [0, 0.1) is 6.92 Å². The first-order valence-electron chi connectivity index (χ1n) is 19.6. The Hall–Kier alpha value is -4.94. The average Bonchev–Trinajstić information content (AvgIpc) is 3.51. The summed E-state index contributed by atoms with van der Waals surface area (Å²) in [4.78, 5) is 0. The molecular formula is C51H55NO2P2. The zero-order chi connectivity index (χ0) is 40.1. The first kappa shape index (κ1) is 40.7. The van der Waals surface area contributed by atoms with Crippen LogP contribution >= 0.6 is 14.3 Å². The van der Waals surface area contributed by atoms with Gasteiger partial charge in [0.2, 0.25) is 0 Å². The van der Waals surface area contributed by atoms with Crippen LogP contribution in [0.25, 0.3) is 23.4 Å². The van der Waals surface area contributed by atoms with Gasteiger partial charge in [0.15, 0.2) is 7.14 Å². The molecule has 56 heavy (non-hydrogen) atoms. The zero-order valence-electron chi connectivity index (χ0n) is 34.2. The van der Waals surface area contributed by atoms with Crippen LogP contribution in [0.5, 0.6) is 0 Å². The highest BCUT2D eigenvalue weighted by Crippen LogP contribution is 2.53. The summed E-state index contributed by atoms with van der Waals surface area (Å²) in [6.45, 7) is 16.6. The molecule has 1 aliphatic heterocycles. The summed E-state index contributed by atoms with van der Waals surface area (Å²) in [6, 6.07) is 37.2. The molecule has 0 amide bonds. The van der Waals surface area contributed by atoms with Gasteiger partial charge < -0.3 is 13.7 Å². The summed E-state index contributed by atoms with van der Waals surface area (Å²) < 4.78 is 31.8. The highest BCUT2D eigenvalue weighted by molar-refractivity contribution is 7.82. The van der Waals surface area contributed by atoms with Gasteiger partial charge in [-0.25, -0.2) is 0 Å². The van der Waals surface area contributed by atoms with E-state index in [0.717, 1.165) is 32.4 Å². The maximum atomic E-state index is 15.3. The molecule has 4 aromatic carbocycles. The minimum Gasteiger partial charge on any atom is -0.319 e. The minimum atomic E-state index is -3.13. The number of hydrogen-bond acceptors (Lipinski definition) is 2. The number of aromatic nitrogens is 1. The monoisotopic (exact) mass is 775 g/mol. The van der Waals surface area contributed by atoms with Gasteiger partial charge in [-0.1, -0.05) is 152 Å². The molecule has 5 heteroatoms. The van der Waals surface area contributed by atoms with Gasteiger partial charge in [0.1, 0.15) is 7.14 Å². The van der Waals surface area contributed by atoms with Crippen LogP contribution in [0.1, 0.15) is 75.9 Å². The lowest BCUT2D eigenvalue weighted by Crippen LogP contribution is -2.45. The van der Waals surface area contributed by atoms with E-state index in [1.54, 1.807) is 0 Å². The van der Waals surface area contributed by atoms with E-state index < -0.39 is 19.7 Å². The standard InChI is InChI=1S/C51H55NO2P2/c1-9-13-22-38(5)56(54,46-26-19-16-20-27-46)47-34-32-43(33-35-47)51(42-30-28-41(29-31-42)37-55(8,53)45-24-17-15-18-25-45)36-44(23-14-10-2)52-49(21-11-3)39(6)48(12-4)50(52)40(51)7/h9-35H,36-37H2,1-8H3/b13-9-,14-10-,21-11-,38-22+,44-23+,48-12-. The third-order valence-electron chi connectivity index (χ3n) is 11.4. The molecule has 3 nitrogen and oxygen atoms in total. The third kappa shape index (κ3) is 7.36. The highest BCUT2D eigenvalue weighted by Gasteiger charge is 2.42. The van der Waals surface area contributed by atoms with Crippen molar-refractivity contribution in [2.45, 2.75) is 66.5 Å². The number of allylic oxidation sites excluding steroid dienone is 9. The number of hydrogen-bond donors (Lipinski definition) is 0. The SMILES string of the molecule is C/C=C\C=C1/CC(c2ccc(CP(C)(=O)c3ccccc3)cc2)(c2ccc(P(=O)(/C(C)=C/C=C\C)c3ccccc3)cc2)C(C)=c2/c(=C\C)c(C)c(/C=C\C)n21. The summed E-state index contributed by atoms with van der Waals surface area (Å²) in [5, 5.41) is 5.81. The fourth-order valence-corrected chi connectivity index (χ4v) is 13.0. The maximum Gasteiger partial charge on any atom is 0.166 e. The predicted octanol–water partition coefficient (Wildman–Crippen LogP) is 11.2. The van der Waals surface area contributed by atoms with Gasteiger partial charge in [0.05, 0.1) is 5.35 Å². The molecule has 6 rings (SSSR count). The van der Waals surface area contributed by atoms with Crippen LogP contribution in [0.2, 0.25) is 0 Å². The number of benzene rings is 4. The Kier molecular flexibility index (Phi) is 12.4. The fraction of sp³-hybridized carbons (Fsp3) is 0.216. The summed E-state index contributed by atoms with van der Waals surface area (Å²) in [6.07, 6.45) is 20.2. The van der Waals surface area contributed by atoms with E-state index in [1.807, 2.05) is 99.4 Å². The van der Waals surface area contributed by atoms with Gasteiger partial charge >= 0.3 is 0 Å². The van der Waals surface area contributed by atoms with E-state index in [1.165, 1.54) is 38.7 Å². The Morgan fingerprint density at radius 2 is 1.27 bits per heavy atom. The van der Waals surface area contributed by atoms with Gasteiger partial charge in [-0.15, -0.1) is 0 Å². The van der Waals surface area contributed by atoms with E-state index >= 15 is 4.57 Å². The van der Waals surface area contributed by atoms with Gasteiger partial charge in [0, 0.05) is 45.3 Å². The highest BCUT2D eigenvalue weighted by atomic mass is 31.2. The largest absolute Gasteiger partial charge is 0.319 e. The van der Waals surface area contributed by atoms with Crippen LogP contribution in [0.3, 0.4) is 0 Å². The smallest absolute Gasteiger partial charge is 0.166 e. The number of fused-ring (bicyclic) bond motifs is 1. The van der Waals surface area contributed by atoms with Gasteiger partial charge in [-0.05, 0) is 106 Å². The molecule has 0 fully saturated rings. The second-order valence-electron chi connectivity index (χ2n) is 14.9. The minimum absolute atomic E-state index is 0.493. The Labute approximate surface area is 334 Å². The van der Waals surface area contributed by atoms with Crippen LogP contribution in [0.4, 0.5) is 0 Å². The molecule has 1 aliphatic rings. The maximum absolute atomic E-state index is 15.3. The third-order valence-corrected chi connectivity index (χ3v) is 17.0. The molecule has 0 saturated heterocycles. The second kappa shape index (κ2) is 17.1. The van der Waals surface area contributed by atoms with E-state index in [2.05, 4.69) is 124 Å². The van der Waals surface area contributed by atoms with Crippen molar-refractivity contribution in [2.24, 2.45) is 0 Å². The molecule has 0 bridgehead atoms. The van der Waals surface area contributed by atoms with Crippen molar-refractivity contribution in [3.63, 3.8) is 0 Å². The molecule has 0 radical (unpaired) electrons. The first-order valence-corrected chi connectivity index (χ1v) is 23.6. The number of nitrogens with zero attached hydrogens (tertiary/aromatic N) is 1. The normalized spacial score (nSPS) is 19.6. The van der Waals surface area contributed by atoms with Crippen molar-refractivity contribution in [2.75, 3.05) is 6.66 Å². The molecular weight excluding hydrogens is 721 g/mol. The molecule has 0 saturated carbocycles. The van der Waals surface area contributed by atoms with Crippen molar-refractivity contribution in [3.05, 3.63) is 196 Å². The van der Waals surface area contributed by atoms with Crippen molar-refractivity contribution >= 4 is 53.6 Å². The van der Waals surface area contributed by atoms with Crippen molar-refractivity contribution in [1.29, 1.82) is 0 Å². The topological polar surface area (TPSA) is 39.1 Å². The summed E-state index contributed by atoms with van der Waals surface area (Å²) >= 11 is 0.